The van der Waals surface area contributed by atoms with Gasteiger partial charge in [-0.1, -0.05) is 88.0 Å². The lowest BCUT2D eigenvalue weighted by atomic mass is 9.92. The standard InChI is InChI=1S/C26H32N2S2/c1-3-4-5-6-7-11-15-21(20-13-9-8-10-14-20)26(29)28-25-22-16-12-19-27-23(22)17-18-24(25)30-2/h8-10,12-14,16-19,21H,3-7,11,15H2,1-2H3,(H,28,29)/t21-/m0/s1. The van der Waals surface area contributed by atoms with E-state index in [1.807, 2.05) is 12.3 Å². The lowest BCUT2D eigenvalue weighted by Crippen LogP contribution is -2.20. The average molecular weight is 437 g/mol. The third-order valence-electron chi connectivity index (χ3n) is 5.58. The summed E-state index contributed by atoms with van der Waals surface area (Å²) in [6.07, 6.45) is 12.8. The van der Waals surface area contributed by atoms with E-state index in [1.165, 1.54) is 49.0 Å². The number of thioether (sulfide) groups is 1. The number of pyridine rings is 1. The maximum atomic E-state index is 5.99. The molecule has 3 rings (SSSR count). The van der Waals surface area contributed by atoms with Crippen LogP contribution in [0.15, 0.2) is 65.7 Å². The normalized spacial score (nSPS) is 12.1. The van der Waals surface area contributed by atoms with Crippen LogP contribution in [0.2, 0.25) is 0 Å². The van der Waals surface area contributed by atoms with E-state index in [-0.39, 0.29) is 5.92 Å². The molecule has 0 bridgehead atoms. The van der Waals surface area contributed by atoms with Crippen LogP contribution in [0.25, 0.3) is 10.9 Å². The van der Waals surface area contributed by atoms with Crippen molar-refractivity contribution in [2.45, 2.75) is 62.7 Å². The Balaban J connectivity index is 1.79. The van der Waals surface area contributed by atoms with Gasteiger partial charge in [-0.15, -0.1) is 11.8 Å². The molecular weight excluding hydrogens is 404 g/mol. The van der Waals surface area contributed by atoms with Gasteiger partial charge < -0.3 is 5.32 Å². The van der Waals surface area contributed by atoms with Gasteiger partial charge in [-0.25, -0.2) is 0 Å². The molecule has 0 fully saturated rings. The monoisotopic (exact) mass is 436 g/mol. The highest BCUT2D eigenvalue weighted by Crippen LogP contribution is 2.34. The van der Waals surface area contributed by atoms with Crippen LogP contribution in [0.1, 0.15) is 63.4 Å². The lowest BCUT2D eigenvalue weighted by molar-refractivity contribution is 0.580. The molecule has 0 aliphatic rings. The number of hydrogen-bond donors (Lipinski definition) is 1. The Kier molecular flexibility index (Phi) is 9.16. The first-order valence-electron chi connectivity index (χ1n) is 11.0. The minimum absolute atomic E-state index is 0.231. The van der Waals surface area contributed by atoms with Gasteiger partial charge in [-0.2, -0.15) is 0 Å². The van der Waals surface area contributed by atoms with Crippen molar-refractivity contribution < 1.29 is 0 Å². The lowest BCUT2D eigenvalue weighted by Gasteiger charge is -2.22. The number of hydrogen-bond acceptors (Lipinski definition) is 3. The van der Waals surface area contributed by atoms with Gasteiger partial charge in [0.25, 0.3) is 0 Å². The molecule has 0 amide bonds. The van der Waals surface area contributed by atoms with Crippen LogP contribution < -0.4 is 5.32 Å². The molecule has 1 N–H and O–H groups in total. The number of thiocarbonyl (C=S) groups is 1. The van der Waals surface area contributed by atoms with Gasteiger partial charge in [0.15, 0.2) is 0 Å². The summed E-state index contributed by atoms with van der Waals surface area (Å²) in [5.41, 5.74) is 3.38. The first kappa shape index (κ1) is 22.8. The number of anilines is 1. The number of fused-ring (bicyclic) bond motifs is 1. The van der Waals surface area contributed by atoms with Crippen LogP contribution in [0, 0.1) is 0 Å². The van der Waals surface area contributed by atoms with E-state index in [2.05, 4.69) is 72.0 Å². The summed E-state index contributed by atoms with van der Waals surface area (Å²) >= 11 is 7.73. The summed E-state index contributed by atoms with van der Waals surface area (Å²) in [6.45, 7) is 2.27. The summed E-state index contributed by atoms with van der Waals surface area (Å²) in [7, 11) is 0. The second-order valence-corrected chi connectivity index (χ2v) is 9.01. The molecule has 30 heavy (non-hydrogen) atoms. The van der Waals surface area contributed by atoms with Gasteiger partial charge in [-0.05, 0) is 42.5 Å². The zero-order valence-electron chi connectivity index (χ0n) is 18.1. The van der Waals surface area contributed by atoms with E-state index < -0.39 is 0 Å². The fourth-order valence-electron chi connectivity index (χ4n) is 3.91. The SMILES string of the molecule is CCCCCCCC[C@H](C(=S)Nc1c(SC)ccc2ncccc12)c1ccccc1. The Morgan fingerprint density at radius 2 is 1.73 bits per heavy atom. The zero-order chi connectivity index (χ0) is 21.2. The Labute approximate surface area is 190 Å². The van der Waals surface area contributed by atoms with Crippen molar-refractivity contribution in [2.24, 2.45) is 0 Å². The molecule has 158 valence electrons. The highest BCUT2D eigenvalue weighted by molar-refractivity contribution is 7.98. The van der Waals surface area contributed by atoms with Crippen molar-refractivity contribution in [1.82, 2.24) is 4.98 Å². The van der Waals surface area contributed by atoms with Crippen LogP contribution in [0.5, 0.6) is 0 Å². The Morgan fingerprint density at radius 3 is 2.50 bits per heavy atom. The second-order valence-electron chi connectivity index (χ2n) is 7.72. The van der Waals surface area contributed by atoms with Crippen molar-refractivity contribution in [3.05, 3.63) is 66.4 Å². The maximum absolute atomic E-state index is 5.99. The molecule has 2 aromatic carbocycles. The number of benzene rings is 2. The predicted molar refractivity (Wildman–Crippen MR) is 137 cm³/mol. The van der Waals surface area contributed by atoms with E-state index in [0.717, 1.165) is 28.0 Å². The fraction of sp³-hybridized carbons (Fsp3) is 0.385. The summed E-state index contributed by atoms with van der Waals surface area (Å²) < 4.78 is 0. The molecule has 0 saturated carbocycles. The maximum Gasteiger partial charge on any atom is 0.0873 e. The largest absolute Gasteiger partial charge is 0.348 e. The Bertz CT molecular complexity index is 940. The molecule has 0 spiro atoms. The zero-order valence-corrected chi connectivity index (χ0v) is 19.7. The molecule has 1 heterocycles. The third kappa shape index (κ3) is 6.05. The Morgan fingerprint density at radius 1 is 0.967 bits per heavy atom. The minimum atomic E-state index is 0.231. The van der Waals surface area contributed by atoms with Crippen molar-refractivity contribution in [1.29, 1.82) is 0 Å². The predicted octanol–water partition coefficient (Wildman–Crippen LogP) is 8.23. The molecule has 1 atom stereocenters. The van der Waals surface area contributed by atoms with Crippen LogP contribution >= 0.6 is 24.0 Å². The van der Waals surface area contributed by atoms with Gasteiger partial charge in [-0.3, -0.25) is 4.98 Å². The number of unbranched alkanes of at least 4 members (excludes halogenated alkanes) is 5. The Hall–Kier alpha value is -1.91. The van der Waals surface area contributed by atoms with Crippen molar-refractivity contribution in [2.75, 3.05) is 11.6 Å². The smallest absolute Gasteiger partial charge is 0.0873 e. The first-order valence-corrected chi connectivity index (χ1v) is 12.7. The van der Waals surface area contributed by atoms with Gasteiger partial charge >= 0.3 is 0 Å². The number of nitrogens with one attached hydrogen (secondary N) is 1. The van der Waals surface area contributed by atoms with Crippen LogP contribution in [0.3, 0.4) is 0 Å². The quantitative estimate of drug-likeness (QED) is 0.186. The van der Waals surface area contributed by atoms with Crippen molar-refractivity contribution in [3.63, 3.8) is 0 Å². The van der Waals surface area contributed by atoms with E-state index >= 15 is 0 Å². The molecule has 0 aliphatic carbocycles. The average Bonchev–Trinajstić information content (AvgIpc) is 2.79. The van der Waals surface area contributed by atoms with Crippen LogP contribution in [-0.4, -0.2) is 16.2 Å². The molecule has 4 heteroatoms. The molecule has 2 nitrogen and oxygen atoms in total. The van der Waals surface area contributed by atoms with Crippen LogP contribution in [0.4, 0.5) is 5.69 Å². The molecule has 0 unspecified atom stereocenters. The number of aromatic nitrogens is 1. The van der Waals surface area contributed by atoms with Crippen LogP contribution in [-0.2, 0) is 0 Å². The van der Waals surface area contributed by atoms with E-state index in [0.29, 0.717) is 0 Å². The van der Waals surface area contributed by atoms with Gasteiger partial charge in [0, 0.05) is 22.4 Å². The number of rotatable bonds is 11. The minimum Gasteiger partial charge on any atom is -0.348 e. The van der Waals surface area contributed by atoms with Gasteiger partial charge in [0.05, 0.1) is 16.2 Å². The van der Waals surface area contributed by atoms with Crippen molar-refractivity contribution >= 4 is 45.6 Å². The van der Waals surface area contributed by atoms with Crippen molar-refractivity contribution in [3.8, 4) is 0 Å². The van der Waals surface area contributed by atoms with E-state index in [9.17, 15) is 0 Å². The fourth-order valence-corrected chi connectivity index (χ4v) is 4.83. The topological polar surface area (TPSA) is 24.9 Å². The highest BCUT2D eigenvalue weighted by Gasteiger charge is 2.19. The molecule has 0 saturated heterocycles. The molecular formula is C26H32N2S2. The molecule has 0 aliphatic heterocycles. The highest BCUT2D eigenvalue weighted by atomic mass is 32.2. The molecule has 1 aromatic heterocycles. The summed E-state index contributed by atoms with van der Waals surface area (Å²) in [4.78, 5) is 6.62. The van der Waals surface area contributed by atoms with E-state index in [4.69, 9.17) is 12.2 Å². The summed E-state index contributed by atoms with van der Waals surface area (Å²) in [5.74, 6) is 0.231. The molecule has 0 radical (unpaired) electrons. The summed E-state index contributed by atoms with van der Waals surface area (Å²) in [6, 6.07) is 19.0. The molecule has 3 aromatic rings. The summed E-state index contributed by atoms with van der Waals surface area (Å²) in [5, 5.41) is 4.76. The van der Waals surface area contributed by atoms with Gasteiger partial charge in [0.1, 0.15) is 0 Å². The second kappa shape index (κ2) is 12.1. The van der Waals surface area contributed by atoms with Gasteiger partial charge in [0.2, 0.25) is 0 Å². The van der Waals surface area contributed by atoms with E-state index in [1.54, 1.807) is 11.8 Å². The third-order valence-corrected chi connectivity index (χ3v) is 6.75. The number of nitrogens with zero attached hydrogens (tertiary/aromatic N) is 1. The first-order chi connectivity index (χ1) is 14.7.